The maximum atomic E-state index is 5.68. The second-order valence-electron chi connectivity index (χ2n) is 4.00. The Bertz CT molecular complexity index is 480. The highest BCUT2D eigenvalue weighted by Gasteiger charge is 2.21. The fourth-order valence-electron chi connectivity index (χ4n) is 1.54. The first-order chi connectivity index (χ1) is 7.42. The van der Waals surface area contributed by atoms with Crippen molar-refractivity contribution in [3.8, 4) is 5.75 Å². The number of ether oxygens (including phenoxy) is 1. The lowest BCUT2D eigenvalue weighted by Crippen LogP contribution is -1.98. The molecule has 3 heteroatoms. The van der Waals surface area contributed by atoms with Crippen molar-refractivity contribution >= 4 is 10.9 Å². The lowest BCUT2D eigenvalue weighted by Gasteiger charge is -2.05. The van der Waals surface area contributed by atoms with Gasteiger partial charge in [0.1, 0.15) is 12.1 Å². The van der Waals surface area contributed by atoms with E-state index in [0.717, 1.165) is 29.2 Å². The lowest BCUT2D eigenvalue weighted by atomic mass is 10.2. The fraction of sp³-hybridized carbons (Fsp3) is 0.333. The molecule has 0 saturated heterocycles. The molecule has 3 nitrogen and oxygen atoms in total. The molecule has 3 rings (SSSR count). The van der Waals surface area contributed by atoms with Gasteiger partial charge in [0.2, 0.25) is 0 Å². The molecular formula is C12H12N2O. The van der Waals surface area contributed by atoms with Crippen molar-refractivity contribution in [2.45, 2.75) is 12.8 Å². The van der Waals surface area contributed by atoms with Gasteiger partial charge in [0.15, 0.2) is 0 Å². The third-order valence-electron chi connectivity index (χ3n) is 2.66. The predicted octanol–water partition coefficient (Wildman–Crippen LogP) is 2.42. The van der Waals surface area contributed by atoms with Crippen LogP contribution < -0.4 is 4.74 Å². The summed E-state index contributed by atoms with van der Waals surface area (Å²) in [5, 5.41) is 1.05. The van der Waals surface area contributed by atoms with Crippen LogP contribution in [0.4, 0.5) is 0 Å². The molecule has 0 spiro atoms. The van der Waals surface area contributed by atoms with Crippen LogP contribution in [0.15, 0.2) is 30.7 Å². The average Bonchev–Trinajstić information content (AvgIpc) is 3.10. The van der Waals surface area contributed by atoms with Crippen LogP contribution in [0.5, 0.6) is 5.75 Å². The molecule has 0 aliphatic heterocycles. The zero-order valence-corrected chi connectivity index (χ0v) is 8.39. The summed E-state index contributed by atoms with van der Waals surface area (Å²) in [4.78, 5) is 8.17. The smallest absolute Gasteiger partial charge is 0.121 e. The Morgan fingerprint density at radius 1 is 1.33 bits per heavy atom. The number of hydrogen-bond donors (Lipinski definition) is 0. The molecule has 1 aliphatic rings. The predicted molar refractivity (Wildman–Crippen MR) is 57.8 cm³/mol. The van der Waals surface area contributed by atoms with E-state index in [2.05, 4.69) is 9.97 Å². The summed E-state index contributed by atoms with van der Waals surface area (Å²) >= 11 is 0. The number of hydrogen-bond acceptors (Lipinski definition) is 3. The minimum atomic E-state index is 0.783. The van der Waals surface area contributed by atoms with Crippen molar-refractivity contribution in [1.82, 2.24) is 9.97 Å². The van der Waals surface area contributed by atoms with E-state index in [4.69, 9.17) is 4.74 Å². The molecule has 1 aromatic carbocycles. The third kappa shape index (κ3) is 1.91. The van der Waals surface area contributed by atoms with Crippen LogP contribution >= 0.6 is 0 Å². The number of fused-ring (bicyclic) bond motifs is 1. The van der Waals surface area contributed by atoms with E-state index in [1.807, 2.05) is 24.4 Å². The molecule has 1 heterocycles. The molecule has 0 unspecified atom stereocenters. The molecule has 0 radical (unpaired) electrons. The first-order valence-corrected chi connectivity index (χ1v) is 5.24. The van der Waals surface area contributed by atoms with Gasteiger partial charge >= 0.3 is 0 Å². The quantitative estimate of drug-likeness (QED) is 0.763. The SMILES string of the molecule is c1ncc2ccc(OCC3CC3)cc2n1. The van der Waals surface area contributed by atoms with Gasteiger partial charge in [-0.1, -0.05) is 0 Å². The van der Waals surface area contributed by atoms with Crippen LogP contribution in [0.1, 0.15) is 12.8 Å². The van der Waals surface area contributed by atoms with Crippen LogP contribution in [0, 0.1) is 5.92 Å². The van der Waals surface area contributed by atoms with Gasteiger partial charge < -0.3 is 4.74 Å². The van der Waals surface area contributed by atoms with Crippen LogP contribution in [0.25, 0.3) is 10.9 Å². The molecule has 0 N–H and O–H groups in total. The van der Waals surface area contributed by atoms with Crippen LogP contribution in [-0.2, 0) is 0 Å². The van der Waals surface area contributed by atoms with E-state index < -0.39 is 0 Å². The van der Waals surface area contributed by atoms with Gasteiger partial charge in [0, 0.05) is 17.6 Å². The summed E-state index contributed by atoms with van der Waals surface area (Å²) in [6.45, 7) is 0.844. The molecular weight excluding hydrogens is 188 g/mol. The van der Waals surface area contributed by atoms with Crippen molar-refractivity contribution in [1.29, 1.82) is 0 Å². The van der Waals surface area contributed by atoms with Crippen LogP contribution in [-0.4, -0.2) is 16.6 Å². The summed E-state index contributed by atoms with van der Waals surface area (Å²) in [6.07, 6.45) is 6.01. The lowest BCUT2D eigenvalue weighted by molar-refractivity contribution is 0.300. The molecule has 1 aromatic heterocycles. The summed E-state index contributed by atoms with van der Waals surface area (Å²) < 4.78 is 5.68. The van der Waals surface area contributed by atoms with Crippen LogP contribution in [0.2, 0.25) is 0 Å². The van der Waals surface area contributed by atoms with E-state index in [1.165, 1.54) is 12.8 Å². The fourth-order valence-corrected chi connectivity index (χ4v) is 1.54. The maximum absolute atomic E-state index is 5.68. The van der Waals surface area contributed by atoms with Crippen molar-refractivity contribution in [2.24, 2.45) is 5.92 Å². The van der Waals surface area contributed by atoms with Gasteiger partial charge in [-0.2, -0.15) is 0 Å². The van der Waals surface area contributed by atoms with Gasteiger partial charge in [-0.3, -0.25) is 0 Å². The van der Waals surface area contributed by atoms with Crippen LogP contribution in [0.3, 0.4) is 0 Å². The largest absolute Gasteiger partial charge is 0.493 e. The minimum Gasteiger partial charge on any atom is -0.493 e. The molecule has 15 heavy (non-hydrogen) atoms. The Labute approximate surface area is 88.1 Å². The normalized spacial score (nSPS) is 15.5. The Morgan fingerprint density at radius 2 is 2.27 bits per heavy atom. The molecule has 0 atom stereocenters. The standard InChI is InChI=1S/C12H12N2O/c1-2-9(1)7-15-11-4-3-10-6-13-8-14-12(10)5-11/h3-6,8-9H,1-2,7H2. The van der Waals surface area contributed by atoms with Gasteiger partial charge in [-0.15, -0.1) is 0 Å². The summed E-state index contributed by atoms with van der Waals surface area (Å²) in [5.74, 6) is 1.69. The van der Waals surface area contributed by atoms with Crippen molar-refractivity contribution < 1.29 is 4.74 Å². The Kier molecular flexibility index (Phi) is 2.02. The van der Waals surface area contributed by atoms with Crippen molar-refractivity contribution in [3.05, 3.63) is 30.7 Å². The zero-order valence-electron chi connectivity index (χ0n) is 8.39. The van der Waals surface area contributed by atoms with Crippen molar-refractivity contribution in [3.63, 3.8) is 0 Å². The van der Waals surface area contributed by atoms with E-state index in [-0.39, 0.29) is 0 Å². The Hall–Kier alpha value is -1.64. The van der Waals surface area contributed by atoms with Gasteiger partial charge in [-0.25, -0.2) is 9.97 Å². The van der Waals surface area contributed by atoms with Gasteiger partial charge in [-0.05, 0) is 30.9 Å². The van der Waals surface area contributed by atoms with E-state index in [9.17, 15) is 0 Å². The topological polar surface area (TPSA) is 35.0 Å². The summed E-state index contributed by atoms with van der Waals surface area (Å²) in [5.41, 5.74) is 0.943. The summed E-state index contributed by atoms with van der Waals surface area (Å²) in [7, 11) is 0. The summed E-state index contributed by atoms with van der Waals surface area (Å²) in [6, 6.07) is 5.95. The second kappa shape index (κ2) is 3.50. The van der Waals surface area contributed by atoms with Crippen molar-refractivity contribution in [2.75, 3.05) is 6.61 Å². The Morgan fingerprint density at radius 3 is 3.13 bits per heavy atom. The van der Waals surface area contributed by atoms with Gasteiger partial charge in [0.25, 0.3) is 0 Å². The molecule has 1 saturated carbocycles. The second-order valence-corrected chi connectivity index (χ2v) is 4.00. The number of nitrogens with zero attached hydrogens (tertiary/aromatic N) is 2. The molecule has 2 aromatic rings. The molecule has 1 fully saturated rings. The highest BCUT2D eigenvalue weighted by atomic mass is 16.5. The monoisotopic (exact) mass is 200 g/mol. The first-order valence-electron chi connectivity index (χ1n) is 5.24. The molecule has 0 bridgehead atoms. The highest BCUT2D eigenvalue weighted by Crippen LogP contribution is 2.29. The minimum absolute atomic E-state index is 0.783. The maximum Gasteiger partial charge on any atom is 0.121 e. The first kappa shape index (κ1) is 8.65. The Balaban J connectivity index is 1.84. The van der Waals surface area contributed by atoms with Gasteiger partial charge in [0.05, 0.1) is 12.1 Å². The van der Waals surface area contributed by atoms with E-state index in [0.29, 0.717) is 0 Å². The molecule has 0 amide bonds. The molecule has 76 valence electrons. The number of rotatable bonds is 3. The number of benzene rings is 1. The third-order valence-corrected chi connectivity index (χ3v) is 2.66. The van der Waals surface area contributed by atoms with E-state index >= 15 is 0 Å². The molecule has 1 aliphatic carbocycles. The number of aromatic nitrogens is 2. The zero-order chi connectivity index (χ0) is 10.1. The highest BCUT2D eigenvalue weighted by molar-refractivity contribution is 5.78. The van der Waals surface area contributed by atoms with E-state index in [1.54, 1.807) is 6.33 Å². The average molecular weight is 200 g/mol.